The molecule has 0 fully saturated rings. The lowest BCUT2D eigenvalue weighted by Crippen LogP contribution is -2.50. The highest BCUT2D eigenvalue weighted by atomic mass is 16.4. The van der Waals surface area contributed by atoms with Crippen LogP contribution in [0.1, 0.15) is 23.2 Å². The zero-order valence-corrected chi connectivity index (χ0v) is 10.2. The van der Waals surface area contributed by atoms with Crippen molar-refractivity contribution in [3.05, 3.63) is 35.9 Å². The molecule has 2 amide bonds. The summed E-state index contributed by atoms with van der Waals surface area (Å²) in [6, 6.07) is 6.75. The monoisotopic (exact) mass is 265 g/mol. The average molecular weight is 265 g/mol. The van der Waals surface area contributed by atoms with E-state index in [-0.39, 0.29) is 18.4 Å². The summed E-state index contributed by atoms with van der Waals surface area (Å²) in [5.41, 5.74) is 5.23. The summed E-state index contributed by atoms with van der Waals surface area (Å²) >= 11 is 0. The first-order valence-corrected chi connectivity index (χ1v) is 5.58. The number of hydrogen-bond acceptors (Lipinski definition) is 4. The second kappa shape index (κ2) is 6.50. The summed E-state index contributed by atoms with van der Waals surface area (Å²) in [5.74, 6) is 2.97. The fourth-order valence-corrected chi connectivity index (χ4v) is 1.53. The second-order valence-electron chi connectivity index (χ2n) is 3.94. The number of carbonyl (C=O) groups is 3. The van der Waals surface area contributed by atoms with Gasteiger partial charge in [0.1, 0.15) is 6.04 Å². The highest BCUT2D eigenvalue weighted by Gasteiger charge is 2.28. The Morgan fingerprint density at radius 2 is 1.79 bits per heavy atom. The Balaban J connectivity index is 2.82. The van der Waals surface area contributed by atoms with Crippen molar-refractivity contribution in [2.24, 2.45) is 11.6 Å². The molecule has 1 aromatic carbocycles. The highest BCUT2D eigenvalue weighted by molar-refractivity contribution is 5.96. The van der Waals surface area contributed by atoms with Gasteiger partial charge in [0, 0.05) is 12.0 Å². The molecule has 5 N–H and O–H groups in total. The van der Waals surface area contributed by atoms with E-state index in [1.165, 1.54) is 12.1 Å². The van der Waals surface area contributed by atoms with Gasteiger partial charge in [0.05, 0.1) is 0 Å². The molecule has 7 heteroatoms. The number of benzene rings is 1. The second-order valence-corrected chi connectivity index (χ2v) is 3.94. The van der Waals surface area contributed by atoms with E-state index in [1.54, 1.807) is 18.2 Å². The fourth-order valence-electron chi connectivity index (χ4n) is 1.53. The minimum Gasteiger partial charge on any atom is -0.480 e. The number of rotatable bonds is 6. The van der Waals surface area contributed by atoms with Crippen molar-refractivity contribution in [2.45, 2.75) is 18.9 Å². The summed E-state index contributed by atoms with van der Waals surface area (Å²) in [4.78, 5) is 33.7. The van der Waals surface area contributed by atoms with Crippen molar-refractivity contribution in [2.75, 3.05) is 0 Å². The number of hydrazine groups is 1. The number of carboxylic acid groups (broad SMARTS) is 1. The van der Waals surface area contributed by atoms with Crippen molar-refractivity contribution in [1.82, 2.24) is 5.01 Å². The lowest BCUT2D eigenvalue weighted by Gasteiger charge is -2.23. The fraction of sp³-hybridized carbons (Fsp3) is 0.250. The Morgan fingerprint density at radius 3 is 2.26 bits per heavy atom. The third-order valence-corrected chi connectivity index (χ3v) is 2.54. The van der Waals surface area contributed by atoms with Crippen molar-refractivity contribution in [3.8, 4) is 0 Å². The Kier molecular flexibility index (Phi) is 5.01. The normalized spacial score (nSPS) is 11.6. The molecule has 1 rings (SSSR count). The SMILES string of the molecule is NC(=O)CC[C@@H](C(=O)O)N(N)C(=O)c1ccccc1. The molecule has 0 aliphatic carbocycles. The average Bonchev–Trinajstić information content (AvgIpc) is 2.38. The first-order valence-electron chi connectivity index (χ1n) is 5.58. The Bertz CT molecular complexity index is 475. The van der Waals surface area contributed by atoms with Crippen LogP contribution in [0.4, 0.5) is 0 Å². The van der Waals surface area contributed by atoms with E-state index in [9.17, 15) is 14.4 Å². The summed E-state index contributed by atoms with van der Waals surface area (Å²) in [6.07, 6.45) is -0.285. The molecular weight excluding hydrogens is 250 g/mol. The van der Waals surface area contributed by atoms with Gasteiger partial charge >= 0.3 is 5.97 Å². The van der Waals surface area contributed by atoms with Crippen molar-refractivity contribution < 1.29 is 19.5 Å². The van der Waals surface area contributed by atoms with Crippen LogP contribution in [0.25, 0.3) is 0 Å². The zero-order valence-electron chi connectivity index (χ0n) is 10.2. The number of nitrogens with two attached hydrogens (primary N) is 2. The molecule has 0 aliphatic heterocycles. The first-order chi connectivity index (χ1) is 8.93. The Morgan fingerprint density at radius 1 is 1.21 bits per heavy atom. The predicted molar refractivity (Wildman–Crippen MR) is 66.7 cm³/mol. The van der Waals surface area contributed by atoms with Gasteiger partial charge < -0.3 is 10.8 Å². The molecule has 0 unspecified atom stereocenters. The molecule has 0 bridgehead atoms. The minimum absolute atomic E-state index is 0.125. The van der Waals surface area contributed by atoms with E-state index in [4.69, 9.17) is 16.7 Å². The molecule has 7 nitrogen and oxygen atoms in total. The van der Waals surface area contributed by atoms with Crippen LogP contribution in [0.2, 0.25) is 0 Å². The number of aliphatic carboxylic acids is 1. The number of carbonyl (C=O) groups excluding carboxylic acids is 2. The third kappa shape index (κ3) is 4.07. The molecule has 0 heterocycles. The molecule has 0 aliphatic rings. The van der Waals surface area contributed by atoms with Crippen LogP contribution in [-0.4, -0.2) is 33.9 Å². The minimum atomic E-state index is -1.29. The van der Waals surface area contributed by atoms with E-state index in [0.29, 0.717) is 5.01 Å². The van der Waals surface area contributed by atoms with Gasteiger partial charge in [0.2, 0.25) is 5.91 Å². The molecular formula is C12H15N3O4. The molecule has 102 valence electrons. The lowest BCUT2D eigenvalue weighted by molar-refractivity contribution is -0.142. The number of hydrogen-bond donors (Lipinski definition) is 3. The van der Waals surface area contributed by atoms with E-state index >= 15 is 0 Å². The van der Waals surface area contributed by atoms with Gasteiger partial charge in [-0.25, -0.2) is 10.6 Å². The molecule has 1 aromatic rings. The molecule has 0 aromatic heterocycles. The smallest absolute Gasteiger partial charge is 0.328 e. The van der Waals surface area contributed by atoms with Crippen molar-refractivity contribution in [3.63, 3.8) is 0 Å². The van der Waals surface area contributed by atoms with Crippen LogP contribution in [0.15, 0.2) is 30.3 Å². The molecule has 0 radical (unpaired) electrons. The van der Waals surface area contributed by atoms with Crippen LogP contribution >= 0.6 is 0 Å². The number of nitrogens with zero attached hydrogens (tertiary/aromatic N) is 1. The largest absolute Gasteiger partial charge is 0.480 e. The molecule has 0 saturated heterocycles. The Labute approximate surface area is 109 Å². The summed E-state index contributed by atoms with van der Waals surface area (Å²) in [6.45, 7) is 0. The molecule has 0 spiro atoms. The van der Waals surface area contributed by atoms with Gasteiger partial charge in [-0.15, -0.1) is 0 Å². The van der Waals surface area contributed by atoms with Gasteiger partial charge in [0.25, 0.3) is 5.91 Å². The number of amides is 2. The van der Waals surface area contributed by atoms with Crippen LogP contribution in [0.5, 0.6) is 0 Å². The maximum absolute atomic E-state index is 12.0. The van der Waals surface area contributed by atoms with Crippen LogP contribution < -0.4 is 11.6 Å². The van der Waals surface area contributed by atoms with E-state index in [1.807, 2.05) is 0 Å². The van der Waals surface area contributed by atoms with Crippen molar-refractivity contribution >= 4 is 17.8 Å². The van der Waals surface area contributed by atoms with Crippen LogP contribution in [0, 0.1) is 0 Å². The molecule has 1 atom stereocenters. The maximum Gasteiger partial charge on any atom is 0.328 e. The van der Waals surface area contributed by atoms with Gasteiger partial charge in [0.15, 0.2) is 0 Å². The van der Waals surface area contributed by atoms with Gasteiger partial charge in [-0.05, 0) is 18.6 Å². The summed E-state index contributed by atoms with van der Waals surface area (Å²) < 4.78 is 0. The zero-order chi connectivity index (χ0) is 14.4. The van der Waals surface area contributed by atoms with Gasteiger partial charge in [-0.1, -0.05) is 18.2 Å². The van der Waals surface area contributed by atoms with Crippen molar-refractivity contribution in [1.29, 1.82) is 0 Å². The quantitative estimate of drug-likeness (QED) is 0.370. The predicted octanol–water partition coefficient (Wildman–Crippen LogP) is -0.279. The maximum atomic E-state index is 12.0. The Hall–Kier alpha value is -2.41. The number of primary amides is 1. The lowest BCUT2D eigenvalue weighted by atomic mass is 10.1. The summed E-state index contributed by atoms with van der Waals surface area (Å²) in [5, 5.41) is 9.64. The van der Waals surface area contributed by atoms with E-state index < -0.39 is 23.8 Å². The van der Waals surface area contributed by atoms with E-state index in [0.717, 1.165) is 0 Å². The van der Waals surface area contributed by atoms with Crippen LogP contribution in [0.3, 0.4) is 0 Å². The number of carboxylic acids is 1. The van der Waals surface area contributed by atoms with Crippen LogP contribution in [-0.2, 0) is 9.59 Å². The highest BCUT2D eigenvalue weighted by Crippen LogP contribution is 2.09. The first kappa shape index (κ1) is 14.7. The molecule has 19 heavy (non-hydrogen) atoms. The van der Waals surface area contributed by atoms with Gasteiger partial charge in [-0.2, -0.15) is 0 Å². The standard InChI is InChI=1S/C12H15N3O4/c13-10(16)7-6-9(12(18)19)15(14)11(17)8-4-2-1-3-5-8/h1-5,9H,6-7,14H2,(H2,13,16)(H,18,19)/t9-/m0/s1. The topological polar surface area (TPSA) is 127 Å². The molecule has 0 saturated carbocycles. The summed E-state index contributed by atoms with van der Waals surface area (Å²) in [7, 11) is 0. The van der Waals surface area contributed by atoms with E-state index in [2.05, 4.69) is 0 Å². The van der Waals surface area contributed by atoms with Gasteiger partial charge in [-0.3, -0.25) is 14.6 Å². The third-order valence-electron chi connectivity index (χ3n) is 2.54.